The Labute approximate surface area is 169 Å². The second-order valence-electron chi connectivity index (χ2n) is 7.10. The second-order valence-corrected chi connectivity index (χ2v) is 7.10. The Bertz CT molecular complexity index is 1150. The Morgan fingerprint density at radius 3 is 2.14 bits per heavy atom. The van der Waals surface area contributed by atoms with Crippen molar-refractivity contribution in [2.45, 2.75) is 18.9 Å². The van der Waals surface area contributed by atoms with Crippen LogP contribution in [0, 0.1) is 0 Å². The normalized spacial score (nSPS) is 12.0. The zero-order chi connectivity index (χ0) is 20.2. The smallest absolute Gasteiger partial charge is 0.311 e. The SMILES string of the molecule is O=C(C[C@H](C(=O)O)c1cn(Cc2ccccc2)c2ccccc12)c1ccccc1. The molecule has 0 unspecified atom stereocenters. The second kappa shape index (κ2) is 8.15. The minimum Gasteiger partial charge on any atom is -0.481 e. The van der Waals surface area contributed by atoms with Gasteiger partial charge in [0.1, 0.15) is 0 Å². The first-order valence-electron chi connectivity index (χ1n) is 9.56. The molecule has 4 aromatic rings. The van der Waals surface area contributed by atoms with Gasteiger partial charge < -0.3 is 9.67 Å². The molecule has 0 spiro atoms. The number of carboxylic acids is 1. The molecule has 3 aromatic carbocycles. The number of aliphatic carboxylic acids is 1. The minimum absolute atomic E-state index is 0.0707. The molecule has 29 heavy (non-hydrogen) atoms. The van der Waals surface area contributed by atoms with Crippen LogP contribution in [-0.2, 0) is 11.3 Å². The third-order valence-corrected chi connectivity index (χ3v) is 5.17. The van der Waals surface area contributed by atoms with Crippen LogP contribution in [0.15, 0.2) is 91.1 Å². The van der Waals surface area contributed by atoms with Gasteiger partial charge in [0.15, 0.2) is 5.78 Å². The predicted molar refractivity (Wildman–Crippen MR) is 113 cm³/mol. The molecular formula is C25H21NO3. The molecule has 4 heteroatoms. The molecule has 1 atom stereocenters. The van der Waals surface area contributed by atoms with E-state index in [9.17, 15) is 14.7 Å². The molecule has 0 aliphatic carbocycles. The Hall–Kier alpha value is -3.66. The highest BCUT2D eigenvalue weighted by Gasteiger charge is 2.27. The summed E-state index contributed by atoms with van der Waals surface area (Å²) in [5, 5.41) is 10.8. The van der Waals surface area contributed by atoms with Crippen molar-refractivity contribution in [2.75, 3.05) is 0 Å². The molecule has 4 rings (SSSR count). The van der Waals surface area contributed by atoms with E-state index >= 15 is 0 Å². The van der Waals surface area contributed by atoms with Gasteiger partial charge in [0.05, 0.1) is 5.92 Å². The summed E-state index contributed by atoms with van der Waals surface area (Å²) in [5.41, 5.74) is 3.30. The summed E-state index contributed by atoms with van der Waals surface area (Å²) < 4.78 is 2.06. The summed E-state index contributed by atoms with van der Waals surface area (Å²) in [5.74, 6) is -2.06. The molecule has 0 fully saturated rings. The van der Waals surface area contributed by atoms with Gasteiger partial charge in [-0.15, -0.1) is 0 Å². The number of carboxylic acid groups (broad SMARTS) is 1. The Kier molecular flexibility index (Phi) is 5.25. The van der Waals surface area contributed by atoms with Gasteiger partial charge in [0.2, 0.25) is 0 Å². The Balaban J connectivity index is 1.72. The van der Waals surface area contributed by atoms with Crippen molar-refractivity contribution in [3.8, 4) is 0 Å². The molecule has 0 radical (unpaired) electrons. The van der Waals surface area contributed by atoms with Crippen LogP contribution >= 0.6 is 0 Å². The molecule has 1 heterocycles. The fourth-order valence-electron chi connectivity index (χ4n) is 3.72. The van der Waals surface area contributed by atoms with Crippen molar-refractivity contribution in [3.05, 3.63) is 108 Å². The standard InChI is InChI=1S/C25H21NO3/c27-24(19-11-5-2-6-12-19)15-21(25(28)29)22-17-26(16-18-9-3-1-4-10-18)23-14-8-7-13-20(22)23/h1-14,17,21H,15-16H2,(H,28,29)/t21-/m0/s1. The third-order valence-electron chi connectivity index (χ3n) is 5.17. The van der Waals surface area contributed by atoms with Gasteiger partial charge in [0.25, 0.3) is 0 Å². The van der Waals surface area contributed by atoms with Crippen LogP contribution in [0.4, 0.5) is 0 Å². The molecule has 1 aromatic heterocycles. The lowest BCUT2D eigenvalue weighted by Crippen LogP contribution is -2.16. The van der Waals surface area contributed by atoms with Gasteiger partial charge in [-0.2, -0.15) is 0 Å². The number of benzene rings is 3. The van der Waals surface area contributed by atoms with E-state index in [1.54, 1.807) is 24.3 Å². The van der Waals surface area contributed by atoms with Gasteiger partial charge in [-0.1, -0.05) is 78.9 Å². The fraction of sp³-hybridized carbons (Fsp3) is 0.120. The number of aromatic nitrogens is 1. The van der Waals surface area contributed by atoms with Crippen LogP contribution in [-0.4, -0.2) is 21.4 Å². The zero-order valence-electron chi connectivity index (χ0n) is 15.9. The number of hydrogen-bond acceptors (Lipinski definition) is 2. The topological polar surface area (TPSA) is 59.3 Å². The van der Waals surface area contributed by atoms with Gasteiger partial charge in [-0.05, 0) is 17.2 Å². The van der Waals surface area contributed by atoms with Crippen molar-refractivity contribution in [2.24, 2.45) is 0 Å². The molecule has 144 valence electrons. The van der Waals surface area contributed by atoms with Crippen LogP contribution in [0.1, 0.15) is 33.8 Å². The average molecular weight is 383 g/mol. The summed E-state index contributed by atoms with van der Waals surface area (Å²) in [6.07, 6.45) is 1.81. The number of para-hydroxylation sites is 1. The number of Topliss-reactive ketones (excluding diaryl/α,β-unsaturated/α-hetero) is 1. The summed E-state index contributed by atoms with van der Waals surface area (Å²) in [6, 6.07) is 26.6. The first kappa shape index (κ1) is 18.7. The lowest BCUT2D eigenvalue weighted by Gasteiger charge is -2.11. The van der Waals surface area contributed by atoms with E-state index < -0.39 is 11.9 Å². The highest BCUT2D eigenvalue weighted by Crippen LogP contribution is 2.31. The highest BCUT2D eigenvalue weighted by atomic mass is 16.4. The molecule has 0 saturated heterocycles. The van der Waals surface area contributed by atoms with E-state index in [4.69, 9.17) is 0 Å². The van der Waals surface area contributed by atoms with E-state index in [0.29, 0.717) is 17.7 Å². The monoisotopic (exact) mass is 383 g/mol. The van der Waals surface area contributed by atoms with Crippen molar-refractivity contribution >= 4 is 22.7 Å². The lowest BCUT2D eigenvalue weighted by atomic mass is 9.91. The van der Waals surface area contributed by atoms with E-state index in [-0.39, 0.29) is 12.2 Å². The molecule has 0 saturated carbocycles. The first-order chi connectivity index (χ1) is 14.1. The van der Waals surface area contributed by atoms with Crippen molar-refractivity contribution in [1.29, 1.82) is 0 Å². The molecule has 0 aliphatic heterocycles. The van der Waals surface area contributed by atoms with E-state index in [1.165, 1.54) is 0 Å². The number of nitrogens with zero attached hydrogens (tertiary/aromatic N) is 1. The van der Waals surface area contributed by atoms with Crippen LogP contribution < -0.4 is 0 Å². The number of carbonyl (C=O) groups excluding carboxylic acids is 1. The maximum Gasteiger partial charge on any atom is 0.311 e. The third kappa shape index (κ3) is 3.97. The van der Waals surface area contributed by atoms with Crippen molar-refractivity contribution < 1.29 is 14.7 Å². The predicted octanol–water partition coefficient (Wildman–Crippen LogP) is 5.13. The molecule has 1 N–H and O–H groups in total. The number of hydrogen-bond donors (Lipinski definition) is 1. The highest BCUT2D eigenvalue weighted by molar-refractivity contribution is 6.00. The number of carbonyl (C=O) groups is 2. The summed E-state index contributed by atoms with van der Waals surface area (Å²) in [4.78, 5) is 24.8. The average Bonchev–Trinajstić information content (AvgIpc) is 3.11. The summed E-state index contributed by atoms with van der Waals surface area (Å²) in [7, 11) is 0. The van der Waals surface area contributed by atoms with Crippen LogP contribution in [0.5, 0.6) is 0 Å². The fourth-order valence-corrected chi connectivity index (χ4v) is 3.72. The Morgan fingerprint density at radius 2 is 1.45 bits per heavy atom. The first-order valence-corrected chi connectivity index (χ1v) is 9.56. The molecule has 0 amide bonds. The quantitative estimate of drug-likeness (QED) is 0.450. The number of rotatable bonds is 7. The minimum atomic E-state index is -0.989. The largest absolute Gasteiger partial charge is 0.481 e. The van der Waals surface area contributed by atoms with E-state index in [0.717, 1.165) is 16.5 Å². The lowest BCUT2D eigenvalue weighted by molar-refractivity contribution is -0.138. The molecular weight excluding hydrogens is 362 g/mol. The van der Waals surface area contributed by atoms with Crippen LogP contribution in [0.3, 0.4) is 0 Å². The van der Waals surface area contributed by atoms with Gasteiger partial charge >= 0.3 is 5.97 Å². The van der Waals surface area contributed by atoms with Gasteiger partial charge in [-0.25, -0.2) is 0 Å². The van der Waals surface area contributed by atoms with Gasteiger partial charge in [0, 0.05) is 35.6 Å². The Morgan fingerprint density at radius 1 is 0.828 bits per heavy atom. The summed E-state index contributed by atoms with van der Waals surface area (Å²) in [6.45, 7) is 0.639. The maximum absolute atomic E-state index is 12.7. The summed E-state index contributed by atoms with van der Waals surface area (Å²) >= 11 is 0. The maximum atomic E-state index is 12.7. The molecule has 4 nitrogen and oxygen atoms in total. The number of fused-ring (bicyclic) bond motifs is 1. The van der Waals surface area contributed by atoms with Crippen molar-refractivity contribution in [1.82, 2.24) is 4.57 Å². The van der Waals surface area contributed by atoms with Gasteiger partial charge in [-0.3, -0.25) is 9.59 Å². The van der Waals surface area contributed by atoms with E-state index in [2.05, 4.69) is 4.57 Å². The van der Waals surface area contributed by atoms with Crippen LogP contribution in [0.2, 0.25) is 0 Å². The van der Waals surface area contributed by atoms with Crippen LogP contribution in [0.25, 0.3) is 10.9 Å². The zero-order valence-corrected chi connectivity index (χ0v) is 15.9. The molecule has 0 bridgehead atoms. The van der Waals surface area contributed by atoms with Crippen molar-refractivity contribution in [3.63, 3.8) is 0 Å². The van der Waals surface area contributed by atoms with E-state index in [1.807, 2.05) is 66.9 Å². The number of ketones is 1. The molecule has 0 aliphatic rings.